The third-order valence-electron chi connectivity index (χ3n) is 4.20. The quantitative estimate of drug-likeness (QED) is 0.279. The van der Waals surface area contributed by atoms with Gasteiger partial charge in [0.15, 0.2) is 5.16 Å². The number of aryl methyl sites for hydroxylation is 2. The lowest BCUT2D eigenvalue weighted by Gasteiger charge is -2.08. The topological polar surface area (TPSA) is 164 Å². The van der Waals surface area contributed by atoms with Crippen LogP contribution in [0.4, 0.5) is 17.1 Å². The fraction of sp³-hybridized carbons (Fsp3) is 0.294. The van der Waals surface area contributed by atoms with Gasteiger partial charge in [0.25, 0.3) is 5.69 Å². The first-order chi connectivity index (χ1) is 14.9. The van der Waals surface area contributed by atoms with Crippen molar-refractivity contribution in [2.75, 3.05) is 11.1 Å². The van der Waals surface area contributed by atoms with Crippen LogP contribution in [0.1, 0.15) is 12.7 Å². The van der Waals surface area contributed by atoms with Crippen molar-refractivity contribution in [2.24, 2.45) is 0 Å². The Hall–Kier alpha value is -3.81. The second kappa shape index (κ2) is 9.80. The number of nitro benzene ring substituents is 1. The Balaban J connectivity index is 1.55. The first-order valence-corrected chi connectivity index (χ1v) is 10.1. The molecule has 0 fully saturated rings. The standard InChI is InChI=1S/C17H18N8O5S/c1-2-23-15(7-8-22-10-14(9-18-22)25(29)30)20-21-17(23)31-11-16(26)19-12-3-5-13(6-4-12)24(27)28/h3-6,9-10H,2,7-8,11H2,1H3,(H,19,26). The predicted molar refractivity (Wildman–Crippen MR) is 111 cm³/mol. The number of nitrogens with zero attached hydrogens (tertiary/aromatic N) is 7. The first-order valence-electron chi connectivity index (χ1n) is 9.13. The molecule has 2 heterocycles. The number of nitro groups is 2. The largest absolute Gasteiger partial charge is 0.325 e. The van der Waals surface area contributed by atoms with Gasteiger partial charge in [0.2, 0.25) is 5.91 Å². The van der Waals surface area contributed by atoms with Gasteiger partial charge in [-0.1, -0.05) is 11.8 Å². The number of thioether (sulfide) groups is 1. The fourth-order valence-corrected chi connectivity index (χ4v) is 3.53. The van der Waals surface area contributed by atoms with Gasteiger partial charge in [-0.25, -0.2) is 0 Å². The third-order valence-corrected chi connectivity index (χ3v) is 5.17. The maximum absolute atomic E-state index is 12.2. The molecule has 1 aromatic carbocycles. The summed E-state index contributed by atoms with van der Waals surface area (Å²) in [7, 11) is 0. The second-order valence-corrected chi connectivity index (χ2v) is 7.20. The number of hydrogen-bond acceptors (Lipinski definition) is 9. The van der Waals surface area contributed by atoms with E-state index in [9.17, 15) is 25.0 Å². The zero-order chi connectivity index (χ0) is 22.4. The average molecular weight is 446 g/mol. The lowest BCUT2D eigenvalue weighted by atomic mass is 10.3. The molecule has 0 radical (unpaired) electrons. The molecule has 162 valence electrons. The summed E-state index contributed by atoms with van der Waals surface area (Å²) in [6, 6.07) is 5.56. The van der Waals surface area contributed by atoms with E-state index in [1.54, 1.807) is 0 Å². The number of anilines is 1. The normalized spacial score (nSPS) is 10.7. The van der Waals surface area contributed by atoms with Gasteiger partial charge < -0.3 is 9.88 Å². The molecule has 0 aliphatic carbocycles. The molecule has 0 aliphatic rings. The number of carbonyl (C=O) groups excluding carboxylic acids is 1. The predicted octanol–water partition coefficient (Wildman–Crippen LogP) is 2.28. The highest BCUT2D eigenvalue weighted by atomic mass is 32.2. The monoisotopic (exact) mass is 446 g/mol. The van der Waals surface area contributed by atoms with Gasteiger partial charge in [-0.05, 0) is 19.1 Å². The molecule has 2 aromatic heterocycles. The van der Waals surface area contributed by atoms with Crippen molar-refractivity contribution in [1.82, 2.24) is 24.5 Å². The van der Waals surface area contributed by atoms with E-state index in [2.05, 4.69) is 20.6 Å². The minimum atomic E-state index is -0.510. The number of hydrogen-bond donors (Lipinski definition) is 1. The molecule has 0 spiro atoms. The molecule has 0 saturated heterocycles. The Morgan fingerprint density at radius 1 is 1.13 bits per heavy atom. The van der Waals surface area contributed by atoms with E-state index < -0.39 is 9.85 Å². The zero-order valence-electron chi connectivity index (χ0n) is 16.4. The highest BCUT2D eigenvalue weighted by Gasteiger charge is 2.15. The number of amides is 1. The molecule has 0 aliphatic heterocycles. The maximum atomic E-state index is 12.2. The van der Waals surface area contributed by atoms with Crippen molar-refractivity contribution in [3.05, 3.63) is 62.7 Å². The molecule has 3 rings (SSSR count). The Morgan fingerprint density at radius 3 is 2.45 bits per heavy atom. The van der Waals surface area contributed by atoms with Crippen molar-refractivity contribution >= 4 is 34.7 Å². The molecule has 0 bridgehead atoms. The molecule has 0 atom stereocenters. The molecular formula is C17H18N8O5S. The van der Waals surface area contributed by atoms with E-state index >= 15 is 0 Å². The van der Waals surface area contributed by atoms with E-state index in [0.717, 1.165) is 0 Å². The number of benzene rings is 1. The molecule has 13 nitrogen and oxygen atoms in total. The minimum absolute atomic E-state index is 0.0549. The van der Waals surface area contributed by atoms with Crippen LogP contribution in [0, 0.1) is 20.2 Å². The van der Waals surface area contributed by atoms with Gasteiger partial charge in [-0.2, -0.15) is 5.10 Å². The van der Waals surface area contributed by atoms with Gasteiger partial charge in [0, 0.05) is 37.3 Å². The lowest BCUT2D eigenvalue weighted by Crippen LogP contribution is -2.15. The molecule has 1 N–H and O–H groups in total. The number of non-ortho nitro benzene ring substituents is 1. The number of carbonyl (C=O) groups is 1. The minimum Gasteiger partial charge on any atom is -0.325 e. The van der Waals surface area contributed by atoms with E-state index in [-0.39, 0.29) is 23.0 Å². The summed E-state index contributed by atoms with van der Waals surface area (Å²) in [5.74, 6) is 0.481. The van der Waals surface area contributed by atoms with Crippen LogP contribution in [0.25, 0.3) is 0 Å². The van der Waals surface area contributed by atoms with Crippen molar-refractivity contribution in [3.63, 3.8) is 0 Å². The molecule has 0 unspecified atom stereocenters. The van der Waals surface area contributed by atoms with E-state index in [0.29, 0.717) is 36.2 Å². The SMILES string of the molecule is CCn1c(CCn2cc([N+](=O)[O-])cn2)nnc1SCC(=O)Nc1ccc([N+](=O)[O-])cc1. The van der Waals surface area contributed by atoms with Crippen LogP contribution < -0.4 is 5.32 Å². The molecule has 31 heavy (non-hydrogen) atoms. The Kier molecular flexibility index (Phi) is 6.92. The molecule has 3 aromatic rings. The van der Waals surface area contributed by atoms with Crippen molar-refractivity contribution in [3.8, 4) is 0 Å². The van der Waals surface area contributed by atoms with Gasteiger partial charge in [-0.3, -0.25) is 29.7 Å². The maximum Gasteiger partial charge on any atom is 0.306 e. The Morgan fingerprint density at radius 2 is 1.84 bits per heavy atom. The van der Waals surface area contributed by atoms with Crippen LogP contribution in [-0.2, 0) is 24.3 Å². The summed E-state index contributed by atoms with van der Waals surface area (Å²) >= 11 is 1.21. The molecular weight excluding hydrogens is 428 g/mol. The summed E-state index contributed by atoms with van der Waals surface area (Å²) in [5, 5.41) is 36.9. The van der Waals surface area contributed by atoms with Crippen LogP contribution in [0.5, 0.6) is 0 Å². The Labute approximate surface area is 179 Å². The van der Waals surface area contributed by atoms with Crippen LogP contribution >= 0.6 is 11.8 Å². The first kappa shape index (κ1) is 21.9. The lowest BCUT2D eigenvalue weighted by molar-refractivity contribution is -0.385. The smallest absolute Gasteiger partial charge is 0.306 e. The molecule has 0 saturated carbocycles. The molecule has 1 amide bonds. The van der Waals surface area contributed by atoms with Gasteiger partial charge in [0.05, 0.1) is 15.6 Å². The highest BCUT2D eigenvalue weighted by molar-refractivity contribution is 7.99. The van der Waals surface area contributed by atoms with E-state index in [1.807, 2.05) is 11.5 Å². The van der Waals surface area contributed by atoms with Gasteiger partial charge in [-0.15, -0.1) is 10.2 Å². The van der Waals surface area contributed by atoms with Gasteiger partial charge >= 0.3 is 5.69 Å². The second-order valence-electron chi connectivity index (χ2n) is 6.25. The van der Waals surface area contributed by atoms with E-state index in [1.165, 1.54) is 53.1 Å². The van der Waals surface area contributed by atoms with Crippen LogP contribution in [0.3, 0.4) is 0 Å². The van der Waals surface area contributed by atoms with Crippen molar-refractivity contribution < 1.29 is 14.6 Å². The highest BCUT2D eigenvalue weighted by Crippen LogP contribution is 2.19. The zero-order valence-corrected chi connectivity index (χ0v) is 17.2. The van der Waals surface area contributed by atoms with E-state index in [4.69, 9.17) is 0 Å². The van der Waals surface area contributed by atoms with Crippen molar-refractivity contribution in [2.45, 2.75) is 31.6 Å². The average Bonchev–Trinajstić information content (AvgIpc) is 3.37. The summed E-state index contributed by atoms with van der Waals surface area (Å²) in [6.45, 7) is 2.91. The van der Waals surface area contributed by atoms with Crippen LogP contribution in [0.2, 0.25) is 0 Å². The Bertz CT molecular complexity index is 1090. The summed E-state index contributed by atoms with van der Waals surface area (Å²) in [5.41, 5.74) is 0.329. The summed E-state index contributed by atoms with van der Waals surface area (Å²) in [4.78, 5) is 32.6. The van der Waals surface area contributed by atoms with Gasteiger partial charge in [0.1, 0.15) is 18.2 Å². The number of aromatic nitrogens is 5. The molecule has 14 heteroatoms. The number of rotatable bonds is 10. The fourth-order valence-electron chi connectivity index (χ4n) is 2.71. The number of nitrogens with one attached hydrogen (secondary N) is 1. The third kappa shape index (κ3) is 5.63. The van der Waals surface area contributed by atoms with Crippen LogP contribution in [-0.4, -0.2) is 46.1 Å². The summed E-state index contributed by atoms with van der Waals surface area (Å²) < 4.78 is 3.33. The van der Waals surface area contributed by atoms with Crippen molar-refractivity contribution in [1.29, 1.82) is 0 Å². The summed E-state index contributed by atoms with van der Waals surface area (Å²) in [6.07, 6.45) is 3.01. The van der Waals surface area contributed by atoms with Crippen LogP contribution in [0.15, 0.2) is 41.8 Å².